The Bertz CT molecular complexity index is 960. The molecule has 3 atom stereocenters. The van der Waals surface area contributed by atoms with Gasteiger partial charge in [0.2, 0.25) is 14.1 Å². The van der Waals surface area contributed by atoms with Crippen LogP contribution < -0.4 is 4.48 Å². The summed E-state index contributed by atoms with van der Waals surface area (Å²) < 4.78 is -0.345. The van der Waals surface area contributed by atoms with Gasteiger partial charge < -0.3 is 5.11 Å². The smallest absolute Gasteiger partial charge is 0.278 e. The van der Waals surface area contributed by atoms with E-state index < -0.39 is 11.4 Å². The number of benzodiazepines with no additional fused rings is 1. The zero-order valence-electron chi connectivity index (χ0n) is 16.7. The molecular formula is C22H25Cl2N3O+2. The van der Waals surface area contributed by atoms with E-state index in [0.717, 1.165) is 5.69 Å². The molecule has 0 saturated carbocycles. The minimum Gasteiger partial charge on any atom is -0.360 e. The van der Waals surface area contributed by atoms with E-state index in [-0.39, 0.29) is 8.97 Å². The van der Waals surface area contributed by atoms with Gasteiger partial charge in [0.25, 0.3) is 11.4 Å². The highest BCUT2D eigenvalue weighted by molar-refractivity contribution is 6.36. The second-order valence-corrected chi connectivity index (χ2v) is 9.10. The van der Waals surface area contributed by atoms with Crippen LogP contribution in [0.15, 0.2) is 47.5 Å². The van der Waals surface area contributed by atoms with Gasteiger partial charge in [0, 0.05) is 21.7 Å². The van der Waals surface area contributed by atoms with Gasteiger partial charge in [-0.05, 0) is 25.1 Å². The molecule has 0 saturated heterocycles. The van der Waals surface area contributed by atoms with Crippen molar-refractivity contribution >= 4 is 34.6 Å². The number of quaternary nitrogens is 2. The van der Waals surface area contributed by atoms with Crippen LogP contribution in [-0.4, -0.2) is 47.8 Å². The first-order chi connectivity index (χ1) is 12.7. The first kappa shape index (κ1) is 21.3. The van der Waals surface area contributed by atoms with Crippen LogP contribution in [0.4, 0.5) is 5.69 Å². The van der Waals surface area contributed by atoms with Crippen LogP contribution in [-0.2, 0) is 0 Å². The van der Waals surface area contributed by atoms with Gasteiger partial charge in [-0.15, -0.1) is 0 Å². The molecule has 6 heteroatoms. The number of aliphatic imine (C=N–C) groups is 1. The molecule has 3 unspecified atom stereocenters. The van der Waals surface area contributed by atoms with E-state index in [9.17, 15) is 5.11 Å². The van der Waals surface area contributed by atoms with Crippen LogP contribution in [0.1, 0.15) is 25.0 Å². The van der Waals surface area contributed by atoms with Crippen LogP contribution in [0.5, 0.6) is 0 Å². The predicted molar refractivity (Wildman–Crippen MR) is 116 cm³/mol. The fourth-order valence-corrected chi connectivity index (χ4v) is 4.50. The maximum atomic E-state index is 11.7. The lowest BCUT2D eigenvalue weighted by molar-refractivity contribution is -0.919. The molecule has 1 aliphatic rings. The Labute approximate surface area is 177 Å². The summed E-state index contributed by atoms with van der Waals surface area (Å²) in [7, 11) is 18.8. The fraction of sp³-hybridized carbons (Fsp3) is 0.318. The number of hydrogen-bond acceptors (Lipinski definition) is 2. The molecule has 0 spiro atoms. The SMILES string of the molecule is [CH][N+](C)(C)C1(C)C(C)(O)N=C(c2ccccc2Cl)c2cc(Cl)ccc2[N+]1([CH])C. The van der Waals surface area contributed by atoms with Crippen LogP contribution in [0, 0.1) is 14.1 Å². The molecule has 1 aliphatic heterocycles. The Morgan fingerprint density at radius 3 is 2.25 bits per heavy atom. The number of hydrogen-bond donors (Lipinski definition) is 1. The maximum absolute atomic E-state index is 11.7. The van der Waals surface area contributed by atoms with Gasteiger partial charge in [-0.3, -0.25) is 4.48 Å². The maximum Gasteiger partial charge on any atom is 0.278 e. The topological polar surface area (TPSA) is 32.6 Å². The summed E-state index contributed by atoms with van der Waals surface area (Å²) in [5, 5.41) is 12.7. The van der Waals surface area contributed by atoms with Gasteiger partial charge in [0.05, 0.1) is 39.3 Å². The van der Waals surface area contributed by atoms with Crippen LogP contribution >= 0.6 is 23.2 Å². The average Bonchev–Trinajstić information content (AvgIpc) is 2.62. The Morgan fingerprint density at radius 1 is 1.07 bits per heavy atom. The predicted octanol–water partition coefficient (Wildman–Crippen LogP) is 4.62. The van der Waals surface area contributed by atoms with E-state index in [4.69, 9.17) is 42.3 Å². The standard InChI is InChI=1S/C22H25Cl2N3O/c1-21(28)22(2,26(3,4)5)27(6,7)19-13-12-15(23)14-17(19)20(25-21)16-10-8-9-11-18(16)24/h3,6,8-14,28H,1-2,4-5,7H3/q+2. The molecule has 2 aromatic carbocycles. The molecule has 0 aliphatic carbocycles. The molecule has 146 valence electrons. The van der Waals surface area contributed by atoms with Gasteiger partial charge in [-0.25, -0.2) is 9.48 Å². The van der Waals surface area contributed by atoms with Crippen LogP contribution in [0.2, 0.25) is 10.0 Å². The van der Waals surface area contributed by atoms with E-state index in [1.807, 2.05) is 31.2 Å². The quantitative estimate of drug-likeness (QED) is 0.710. The van der Waals surface area contributed by atoms with Crippen molar-refractivity contribution in [2.24, 2.45) is 4.99 Å². The van der Waals surface area contributed by atoms with Gasteiger partial charge in [-0.1, -0.05) is 41.4 Å². The minimum atomic E-state index is -1.64. The number of likely N-dealkylation sites (N-methyl/N-ethyl adjacent to an activating group) is 2. The Kier molecular flexibility index (Phi) is 4.97. The summed E-state index contributed by atoms with van der Waals surface area (Å²) in [4.78, 5) is 4.77. The third-order valence-electron chi connectivity index (χ3n) is 6.10. The minimum absolute atomic E-state index is 0.131. The number of aliphatic hydroxyl groups is 1. The van der Waals surface area contributed by atoms with Crippen molar-refractivity contribution in [2.45, 2.75) is 25.2 Å². The monoisotopic (exact) mass is 417 g/mol. The molecule has 4 radical (unpaired) electrons. The van der Waals surface area contributed by atoms with E-state index in [1.165, 1.54) is 0 Å². The third-order valence-corrected chi connectivity index (χ3v) is 6.66. The summed E-state index contributed by atoms with van der Waals surface area (Å²) in [6.07, 6.45) is 0. The van der Waals surface area contributed by atoms with Crippen molar-refractivity contribution in [1.29, 1.82) is 0 Å². The second-order valence-electron chi connectivity index (χ2n) is 8.26. The number of halogens is 2. The first-order valence-electron chi connectivity index (χ1n) is 8.89. The van der Waals surface area contributed by atoms with Crippen molar-refractivity contribution in [3.63, 3.8) is 0 Å². The molecule has 1 N–H and O–H groups in total. The molecule has 28 heavy (non-hydrogen) atoms. The molecule has 0 bridgehead atoms. The third kappa shape index (κ3) is 2.90. The molecule has 4 nitrogen and oxygen atoms in total. The second kappa shape index (κ2) is 6.54. The van der Waals surface area contributed by atoms with Crippen molar-refractivity contribution in [3.8, 4) is 0 Å². The number of fused-ring (bicyclic) bond motifs is 1. The summed E-state index contributed by atoms with van der Waals surface area (Å²) in [6, 6.07) is 12.8. The van der Waals surface area contributed by atoms with Gasteiger partial charge in [0.1, 0.15) is 5.69 Å². The Hall–Kier alpha value is -1.43. The van der Waals surface area contributed by atoms with E-state index in [2.05, 4.69) is 0 Å². The van der Waals surface area contributed by atoms with Gasteiger partial charge in [0.15, 0.2) is 0 Å². The lowest BCUT2D eigenvalue weighted by Crippen LogP contribution is -2.79. The number of benzene rings is 2. The Balaban J connectivity index is 2.50. The van der Waals surface area contributed by atoms with E-state index >= 15 is 0 Å². The van der Waals surface area contributed by atoms with Crippen LogP contribution in [0.3, 0.4) is 0 Å². The molecule has 0 amide bonds. The number of nitrogens with zero attached hydrogens (tertiary/aromatic N) is 3. The van der Waals surface area contributed by atoms with Crippen molar-refractivity contribution in [3.05, 3.63) is 77.7 Å². The highest BCUT2D eigenvalue weighted by atomic mass is 35.5. The van der Waals surface area contributed by atoms with Crippen molar-refractivity contribution in [1.82, 2.24) is 4.48 Å². The summed E-state index contributed by atoms with van der Waals surface area (Å²) in [5.41, 5.74) is -0.185. The Morgan fingerprint density at radius 2 is 1.68 bits per heavy atom. The highest BCUT2D eigenvalue weighted by Gasteiger charge is 2.68. The van der Waals surface area contributed by atoms with Crippen LogP contribution in [0.25, 0.3) is 0 Å². The van der Waals surface area contributed by atoms with Crippen molar-refractivity contribution in [2.75, 3.05) is 21.1 Å². The fourth-order valence-electron chi connectivity index (χ4n) is 4.10. The number of rotatable bonds is 2. The average molecular weight is 418 g/mol. The normalized spacial score (nSPS) is 27.0. The first-order valence-corrected chi connectivity index (χ1v) is 9.65. The lowest BCUT2D eigenvalue weighted by atomic mass is 9.91. The molecule has 0 aromatic heterocycles. The molecule has 2 aromatic rings. The highest BCUT2D eigenvalue weighted by Crippen LogP contribution is 2.48. The van der Waals surface area contributed by atoms with Crippen molar-refractivity contribution < 1.29 is 9.59 Å². The summed E-state index contributed by atoms with van der Waals surface area (Å²) >= 11 is 12.8. The zero-order chi connectivity index (χ0) is 21.1. The molecule has 3 rings (SSSR count). The lowest BCUT2D eigenvalue weighted by Gasteiger charge is -2.54. The largest absolute Gasteiger partial charge is 0.360 e. The summed E-state index contributed by atoms with van der Waals surface area (Å²) in [6.45, 7) is 3.44. The van der Waals surface area contributed by atoms with Gasteiger partial charge >= 0.3 is 0 Å². The van der Waals surface area contributed by atoms with E-state index in [0.29, 0.717) is 26.9 Å². The molecule has 1 heterocycles. The van der Waals surface area contributed by atoms with Gasteiger partial charge in [-0.2, -0.15) is 0 Å². The van der Waals surface area contributed by atoms with E-state index in [1.54, 1.807) is 46.3 Å². The zero-order valence-corrected chi connectivity index (χ0v) is 18.3. The molecule has 0 fully saturated rings. The summed E-state index contributed by atoms with van der Waals surface area (Å²) in [5.74, 6) is 0. The molecular weight excluding hydrogens is 393 g/mol.